The summed E-state index contributed by atoms with van der Waals surface area (Å²) in [6.45, 7) is 2.27. The number of phosphoric acid groups is 1. The molecule has 0 amide bonds. The van der Waals surface area contributed by atoms with Gasteiger partial charge in [-0.3, -0.25) is 4.79 Å². The molecule has 0 rings (SSSR count). The molecule has 0 aromatic carbocycles. The molecular formula is C18H37KNaO6P. The Balaban J connectivity index is -0.000000333. The summed E-state index contributed by atoms with van der Waals surface area (Å²) < 4.78 is 8.66. The number of carboxylic acid groups (broad SMARTS) is 1. The van der Waals surface area contributed by atoms with E-state index in [2.05, 4.69) is 6.92 Å². The van der Waals surface area contributed by atoms with E-state index >= 15 is 0 Å². The van der Waals surface area contributed by atoms with Gasteiger partial charge in [-0.05, 0) is 6.42 Å². The summed E-state index contributed by atoms with van der Waals surface area (Å²) in [6, 6.07) is 0. The Labute approximate surface area is 230 Å². The van der Waals surface area contributed by atoms with E-state index in [1.807, 2.05) is 0 Å². The smallest absolute Gasteiger partial charge is 0.790 e. The summed E-state index contributed by atoms with van der Waals surface area (Å²) in [5.41, 5.74) is 0. The summed E-state index contributed by atoms with van der Waals surface area (Å²) in [5, 5.41) is 8.52. The van der Waals surface area contributed by atoms with Crippen LogP contribution in [0.1, 0.15) is 110 Å². The minimum atomic E-state index is -5.14. The van der Waals surface area contributed by atoms with Crippen molar-refractivity contribution < 1.29 is 110 Å². The van der Waals surface area contributed by atoms with Crippen molar-refractivity contribution in [2.45, 2.75) is 110 Å². The van der Waals surface area contributed by atoms with Crippen molar-refractivity contribution in [3.63, 3.8) is 0 Å². The molecule has 0 bridgehead atoms. The first kappa shape index (κ1) is 36.6. The summed E-state index contributed by atoms with van der Waals surface area (Å²) in [4.78, 5) is 34.6. The minimum Gasteiger partial charge on any atom is -0.790 e. The molecule has 0 unspecified atom stereocenters. The monoisotopic (exact) mass is 442 g/mol. The van der Waals surface area contributed by atoms with Gasteiger partial charge in [0, 0.05) is 6.42 Å². The van der Waals surface area contributed by atoms with E-state index in [0.29, 0.717) is 6.42 Å². The van der Waals surface area contributed by atoms with Crippen molar-refractivity contribution in [3.8, 4) is 0 Å². The molecule has 0 aromatic rings. The Morgan fingerprint density at radius 1 is 0.741 bits per heavy atom. The zero-order valence-corrected chi connectivity index (χ0v) is 23.8. The first-order valence-electron chi connectivity index (χ1n) is 9.74. The summed E-state index contributed by atoms with van der Waals surface area (Å²) in [7, 11) is -5.14. The largest absolute Gasteiger partial charge is 1.00 e. The predicted octanol–water partition coefficient (Wildman–Crippen LogP) is -1.85. The van der Waals surface area contributed by atoms with Crippen molar-refractivity contribution in [2.75, 3.05) is 0 Å². The summed E-state index contributed by atoms with van der Waals surface area (Å²) in [6.07, 6.45) is 20.2. The number of rotatable bonds is 16. The zero-order chi connectivity index (χ0) is 19.4. The molecule has 0 aliphatic heterocycles. The van der Waals surface area contributed by atoms with Crippen LogP contribution >= 0.6 is 7.82 Å². The van der Waals surface area contributed by atoms with Crippen LogP contribution < -0.4 is 90.7 Å². The second-order valence-corrected chi connectivity index (χ2v) is 7.50. The van der Waals surface area contributed by atoms with Gasteiger partial charge >= 0.3 is 86.9 Å². The number of carbonyl (C=O) groups is 1. The molecule has 152 valence electrons. The SMILES string of the molecule is CCCCCCCCCCCCCCCCCC(=O)O.O=P([O-])([O-])O.[K+].[Na+]. The van der Waals surface area contributed by atoms with Crippen LogP contribution in [-0.2, 0) is 9.36 Å². The molecule has 0 saturated carbocycles. The number of unbranched alkanes of at least 4 members (excludes halogenated alkanes) is 14. The number of hydrogen-bond donors (Lipinski definition) is 2. The number of carboxylic acids is 1. The van der Waals surface area contributed by atoms with E-state index in [4.69, 9.17) is 24.4 Å². The van der Waals surface area contributed by atoms with Gasteiger partial charge in [0.2, 0.25) is 0 Å². The summed E-state index contributed by atoms with van der Waals surface area (Å²) in [5.74, 6) is -0.653. The first-order chi connectivity index (χ1) is 11.8. The van der Waals surface area contributed by atoms with E-state index in [9.17, 15) is 4.79 Å². The second-order valence-electron chi connectivity index (χ2n) is 6.56. The molecule has 2 N–H and O–H groups in total. The van der Waals surface area contributed by atoms with Gasteiger partial charge in [0.1, 0.15) is 0 Å². The van der Waals surface area contributed by atoms with Crippen LogP contribution in [0.3, 0.4) is 0 Å². The van der Waals surface area contributed by atoms with Crippen LogP contribution in [0.4, 0.5) is 0 Å². The maximum absolute atomic E-state index is 10.3. The molecule has 0 fully saturated rings. The molecule has 0 spiro atoms. The molecule has 27 heavy (non-hydrogen) atoms. The molecule has 0 radical (unpaired) electrons. The van der Waals surface area contributed by atoms with Gasteiger partial charge in [0.15, 0.2) is 0 Å². The van der Waals surface area contributed by atoms with E-state index in [1.165, 1.54) is 83.5 Å². The average Bonchev–Trinajstić information content (AvgIpc) is 2.49. The van der Waals surface area contributed by atoms with Gasteiger partial charge in [-0.1, -0.05) is 96.8 Å². The van der Waals surface area contributed by atoms with Gasteiger partial charge < -0.3 is 24.4 Å². The maximum Gasteiger partial charge on any atom is 1.00 e. The number of hydrogen-bond acceptors (Lipinski definition) is 4. The second kappa shape index (κ2) is 28.2. The van der Waals surface area contributed by atoms with Crippen LogP contribution in [-0.4, -0.2) is 16.0 Å². The molecule has 9 heteroatoms. The van der Waals surface area contributed by atoms with Gasteiger partial charge in [-0.25, -0.2) is 0 Å². The first-order valence-corrected chi connectivity index (χ1v) is 11.2. The average molecular weight is 443 g/mol. The molecule has 6 nitrogen and oxygen atoms in total. The van der Waals surface area contributed by atoms with Gasteiger partial charge in [-0.15, -0.1) is 0 Å². The van der Waals surface area contributed by atoms with Crippen LogP contribution in [0.25, 0.3) is 0 Å². The Hall–Kier alpha value is 2.22. The van der Waals surface area contributed by atoms with E-state index in [-0.39, 0.29) is 80.9 Å². The zero-order valence-electron chi connectivity index (χ0n) is 17.8. The third-order valence-electron chi connectivity index (χ3n) is 3.99. The summed E-state index contributed by atoms with van der Waals surface area (Å²) >= 11 is 0. The molecule has 0 aromatic heterocycles. The maximum atomic E-state index is 10.3. The molecule has 0 saturated heterocycles. The van der Waals surface area contributed by atoms with Crippen molar-refractivity contribution in [1.29, 1.82) is 0 Å². The minimum absolute atomic E-state index is 0. The fourth-order valence-corrected chi connectivity index (χ4v) is 2.65. The fraction of sp³-hybridized carbons (Fsp3) is 0.944. The Morgan fingerprint density at radius 2 is 0.963 bits per heavy atom. The van der Waals surface area contributed by atoms with Crippen molar-refractivity contribution in [2.24, 2.45) is 0 Å². The Bertz CT molecular complexity index is 334. The van der Waals surface area contributed by atoms with Gasteiger partial charge in [-0.2, -0.15) is 0 Å². The van der Waals surface area contributed by atoms with Gasteiger partial charge in [0.05, 0.1) is 7.82 Å². The predicted molar refractivity (Wildman–Crippen MR) is 97.0 cm³/mol. The standard InChI is InChI=1S/C18H36O2.K.Na.H3O4P/c1-2-3-4-5-6-7-8-9-10-11-12-13-14-15-16-17-18(19)20;;;1-5(2,3)4/h2-17H2,1H3,(H,19,20);;;(H3,1,2,3,4)/q;2*+1;/p-2. The van der Waals surface area contributed by atoms with E-state index in [0.717, 1.165) is 12.8 Å². The van der Waals surface area contributed by atoms with Crippen LogP contribution in [0.5, 0.6) is 0 Å². The normalized spacial score (nSPS) is 10.2. The van der Waals surface area contributed by atoms with Crippen LogP contribution in [0.15, 0.2) is 0 Å². The van der Waals surface area contributed by atoms with Crippen molar-refractivity contribution in [1.82, 2.24) is 0 Å². The topological polar surface area (TPSA) is 121 Å². The molecule has 0 aliphatic rings. The van der Waals surface area contributed by atoms with Crippen molar-refractivity contribution in [3.05, 3.63) is 0 Å². The number of aliphatic carboxylic acids is 1. The molecular weight excluding hydrogens is 405 g/mol. The Morgan fingerprint density at radius 3 is 1.19 bits per heavy atom. The molecule has 0 aliphatic carbocycles. The quantitative estimate of drug-likeness (QED) is 0.164. The third kappa shape index (κ3) is 52.5. The molecule has 0 heterocycles. The van der Waals surface area contributed by atoms with Crippen LogP contribution in [0.2, 0.25) is 0 Å². The molecule has 0 atom stereocenters. The van der Waals surface area contributed by atoms with Crippen molar-refractivity contribution >= 4 is 13.8 Å². The van der Waals surface area contributed by atoms with E-state index < -0.39 is 13.8 Å². The van der Waals surface area contributed by atoms with E-state index in [1.54, 1.807) is 0 Å². The fourth-order valence-electron chi connectivity index (χ4n) is 2.65. The Kier molecular flexibility index (Phi) is 38.2. The van der Waals surface area contributed by atoms with Gasteiger partial charge in [0.25, 0.3) is 0 Å². The van der Waals surface area contributed by atoms with Crippen LogP contribution in [0, 0.1) is 0 Å². The third-order valence-corrected chi connectivity index (χ3v) is 3.99.